The Morgan fingerprint density at radius 2 is 1.96 bits per heavy atom. The summed E-state index contributed by atoms with van der Waals surface area (Å²) in [6, 6.07) is 13.3. The van der Waals surface area contributed by atoms with Crippen LogP contribution in [0.5, 0.6) is 0 Å². The lowest BCUT2D eigenvalue weighted by atomic mass is 10.1. The number of benzene rings is 1. The van der Waals surface area contributed by atoms with E-state index >= 15 is 0 Å². The van der Waals surface area contributed by atoms with Crippen LogP contribution in [0.2, 0.25) is 0 Å². The number of rotatable bonds is 4. The molecule has 1 fully saturated rings. The summed E-state index contributed by atoms with van der Waals surface area (Å²) in [6.45, 7) is 0.0130. The van der Waals surface area contributed by atoms with Crippen molar-refractivity contribution >= 4 is 11.6 Å². The van der Waals surface area contributed by atoms with Gasteiger partial charge in [-0.1, -0.05) is 30.3 Å². The topological polar surface area (TPSA) is 93.5 Å². The molecule has 0 saturated heterocycles. The number of aliphatic hydroxyl groups excluding tert-OH is 1. The van der Waals surface area contributed by atoms with Gasteiger partial charge in [-0.15, -0.1) is 5.10 Å². The lowest BCUT2D eigenvalue weighted by molar-refractivity contribution is -0.120. The summed E-state index contributed by atoms with van der Waals surface area (Å²) in [7, 11) is 0. The largest absolute Gasteiger partial charge is 0.392 e. The van der Waals surface area contributed by atoms with Gasteiger partial charge in [0.05, 0.1) is 12.3 Å². The van der Waals surface area contributed by atoms with Crippen LogP contribution in [0.4, 0.5) is 0 Å². The van der Waals surface area contributed by atoms with Crippen molar-refractivity contribution in [3.8, 4) is 11.3 Å². The molecule has 0 spiro atoms. The molecule has 1 aliphatic rings. The number of amides is 1. The Kier molecular flexibility index (Phi) is 2.96. The highest BCUT2D eigenvalue weighted by molar-refractivity contribution is 5.89. The van der Waals surface area contributed by atoms with Gasteiger partial charge in [0, 0.05) is 5.56 Å². The maximum Gasteiger partial charge on any atom is 0.231 e. The number of fused-ring (bicyclic) bond motifs is 1. The van der Waals surface area contributed by atoms with Crippen LogP contribution >= 0.6 is 0 Å². The van der Waals surface area contributed by atoms with Crippen molar-refractivity contribution in [2.75, 3.05) is 0 Å². The van der Waals surface area contributed by atoms with Crippen LogP contribution in [0.25, 0.3) is 16.9 Å². The molecule has 1 amide bonds. The van der Waals surface area contributed by atoms with Gasteiger partial charge in [0.25, 0.3) is 0 Å². The third-order valence-electron chi connectivity index (χ3n) is 4.44. The molecule has 6 heteroatoms. The maximum atomic E-state index is 11.7. The lowest BCUT2D eigenvalue weighted by Gasteiger charge is -2.06. The second-order valence-corrected chi connectivity index (χ2v) is 5.92. The monoisotopic (exact) mass is 308 g/mol. The second-order valence-electron chi connectivity index (χ2n) is 5.92. The minimum absolute atomic E-state index is 0.0130. The zero-order chi connectivity index (χ0) is 16.0. The zero-order valence-electron chi connectivity index (χ0n) is 12.4. The number of primary amides is 1. The SMILES string of the molecule is NC(=O)C1(c2nc3cccc(-c4ccc(CO)cc4)n3n2)CC1. The summed E-state index contributed by atoms with van der Waals surface area (Å²) in [5.41, 5.74) is 8.22. The Bertz CT molecular complexity index is 895. The molecular formula is C17H16N4O2. The Balaban J connectivity index is 1.84. The Morgan fingerprint density at radius 1 is 1.22 bits per heavy atom. The smallest absolute Gasteiger partial charge is 0.231 e. The molecule has 6 nitrogen and oxygen atoms in total. The summed E-state index contributed by atoms with van der Waals surface area (Å²) in [5, 5.41) is 13.7. The third-order valence-corrected chi connectivity index (χ3v) is 4.44. The average molecular weight is 308 g/mol. The summed E-state index contributed by atoms with van der Waals surface area (Å²) in [5.74, 6) is 0.145. The lowest BCUT2D eigenvalue weighted by Crippen LogP contribution is -2.29. The van der Waals surface area contributed by atoms with E-state index in [4.69, 9.17) is 10.8 Å². The fraction of sp³-hybridized carbons (Fsp3) is 0.235. The van der Waals surface area contributed by atoms with Crippen LogP contribution in [0.1, 0.15) is 24.2 Å². The van der Waals surface area contributed by atoms with E-state index in [2.05, 4.69) is 10.1 Å². The Labute approximate surface area is 132 Å². The average Bonchev–Trinajstić information content (AvgIpc) is 3.28. The maximum absolute atomic E-state index is 11.7. The number of hydrogen-bond acceptors (Lipinski definition) is 4. The molecule has 0 radical (unpaired) electrons. The molecule has 0 bridgehead atoms. The molecule has 0 atom stereocenters. The van der Waals surface area contributed by atoms with Gasteiger partial charge in [0.1, 0.15) is 5.41 Å². The summed E-state index contributed by atoms with van der Waals surface area (Å²) in [4.78, 5) is 16.2. The van der Waals surface area contributed by atoms with E-state index in [0.29, 0.717) is 24.3 Å². The van der Waals surface area contributed by atoms with Gasteiger partial charge in [-0.25, -0.2) is 9.50 Å². The van der Waals surface area contributed by atoms with E-state index < -0.39 is 5.41 Å². The van der Waals surface area contributed by atoms with E-state index in [-0.39, 0.29) is 12.5 Å². The number of hydrogen-bond donors (Lipinski definition) is 2. The molecule has 0 unspecified atom stereocenters. The molecule has 1 aromatic carbocycles. The molecule has 4 rings (SSSR count). The van der Waals surface area contributed by atoms with E-state index in [1.54, 1.807) is 4.52 Å². The Hall–Kier alpha value is -2.73. The first-order valence-corrected chi connectivity index (χ1v) is 7.50. The number of carbonyl (C=O) groups is 1. The molecule has 1 aliphatic carbocycles. The second kappa shape index (κ2) is 4.89. The summed E-state index contributed by atoms with van der Waals surface area (Å²) < 4.78 is 1.74. The van der Waals surface area contributed by atoms with Gasteiger partial charge in [0.2, 0.25) is 5.91 Å². The Morgan fingerprint density at radius 3 is 2.57 bits per heavy atom. The standard InChI is InChI=1S/C17H16N4O2/c18-15(23)17(8-9-17)16-19-14-3-1-2-13(21(14)20-16)12-6-4-11(10-22)5-7-12/h1-7,22H,8-10H2,(H2,18,23). The first kappa shape index (κ1) is 13.9. The van der Waals surface area contributed by atoms with Crippen LogP contribution in [0, 0.1) is 0 Å². The third kappa shape index (κ3) is 2.10. The number of pyridine rings is 1. The zero-order valence-corrected chi connectivity index (χ0v) is 12.4. The summed E-state index contributed by atoms with van der Waals surface area (Å²) in [6.07, 6.45) is 1.42. The number of aromatic nitrogens is 3. The number of carbonyl (C=O) groups excluding carboxylic acids is 1. The van der Waals surface area contributed by atoms with Crippen LogP contribution in [0.15, 0.2) is 42.5 Å². The van der Waals surface area contributed by atoms with E-state index in [0.717, 1.165) is 16.8 Å². The van der Waals surface area contributed by atoms with E-state index in [1.165, 1.54) is 0 Å². The van der Waals surface area contributed by atoms with Crippen LogP contribution in [0.3, 0.4) is 0 Å². The van der Waals surface area contributed by atoms with Crippen molar-refractivity contribution in [2.24, 2.45) is 5.73 Å². The molecule has 3 aromatic rings. The van der Waals surface area contributed by atoms with Crippen LogP contribution in [-0.2, 0) is 16.8 Å². The van der Waals surface area contributed by atoms with Gasteiger partial charge in [-0.05, 0) is 30.5 Å². The van der Waals surface area contributed by atoms with Gasteiger partial charge in [-0.2, -0.15) is 0 Å². The molecule has 2 heterocycles. The van der Waals surface area contributed by atoms with Crippen molar-refractivity contribution in [1.29, 1.82) is 0 Å². The fourth-order valence-corrected chi connectivity index (χ4v) is 2.81. The molecule has 23 heavy (non-hydrogen) atoms. The molecule has 1 saturated carbocycles. The fourth-order valence-electron chi connectivity index (χ4n) is 2.81. The van der Waals surface area contributed by atoms with E-state index in [1.807, 2.05) is 42.5 Å². The molecular weight excluding hydrogens is 292 g/mol. The quantitative estimate of drug-likeness (QED) is 0.762. The van der Waals surface area contributed by atoms with E-state index in [9.17, 15) is 4.79 Å². The van der Waals surface area contributed by atoms with Crippen LogP contribution < -0.4 is 5.73 Å². The predicted molar refractivity (Wildman–Crippen MR) is 84.5 cm³/mol. The highest BCUT2D eigenvalue weighted by atomic mass is 16.3. The minimum atomic E-state index is -0.690. The van der Waals surface area contributed by atoms with Crippen molar-refractivity contribution in [3.05, 3.63) is 53.9 Å². The predicted octanol–water partition coefficient (Wildman–Crippen LogP) is 1.41. The van der Waals surface area contributed by atoms with Crippen molar-refractivity contribution < 1.29 is 9.90 Å². The van der Waals surface area contributed by atoms with Gasteiger partial charge in [-0.3, -0.25) is 4.79 Å². The highest BCUT2D eigenvalue weighted by Gasteiger charge is 2.53. The number of nitrogens with two attached hydrogens (primary N) is 1. The number of aliphatic hydroxyl groups is 1. The molecule has 116 valence electrons. The molecule has 3 N–H and O–H groups in total. The first-order chi connectivity index (χ1) is 11.1. The van der Waals surface area contributed by atoms with Crippen LogP contribution in [-0.4, -0.2) is 25.6 Å². The summed E-state index contributed by atoms with van der Waals surface area (Å²) >= 11 is 0. The van der Waals surface area contributed by atoms with Crippen molar-refractivity contribution in [3.63, 3.8) is 0 Å². The number of nitrogens with zero attached hydrogens (tertiary/aromatic N) is 3. The van der Waals surface area contributed by atoms with Gasteiger partial charge in [0.15, 0.2) is 11.5 Å². The minimum Gasteiger partial charge on any atom is -0.392 e. The van der Waals surface area contributed by atoms with Gasteiger partial charge >= 0.3 is 0 Å². The van der Waals surface area contributed by atoms with Crippen molar-refractivity contribution in [1.82, 2.24) is 14.6 Å². The molecule has 0 aliphatic heterocycles. The van der Waals surface area contributed by atoms with Crippen molar-refractivity contribution in [2.45, 2.75) is 24.9 Å². The van der Waals surface area contributed by atoms with Gasteiger partial charge < -0.3 is 10.8 Å². The molecule has 2 aromatic heterocycles. The normalized spacial score (nSPS) is 15.7. The first-order valence-electron chi connectivity index (χ1n) is 7.50. The highest BCUT2D eigenvalue weighted by Crippen LogP contribution is 2.46.